The molecule has 0 aliphatic carbocycles. The van der Waals surface area contributed by atoms with Crippen LogP contribution in [0.15, 0.2) is 73.3 Å². The molecule has 0 amide bonds. The molecule has 2 aromatic heterocycles. The van der Waals surface area contributed by atoms with Crippen LogP contribution in [0, 0.1) is 23.4 Å². The second kappa shape index (κ2) is 7.17. The number of nitrogens with zero attached hydrogens (tertiary/aromatic N) is 4. The van der Waals surface area contributed by atoms with E-state index in [0.717, 1.165) is 11.4 Å². The minimum absolute atomic E-state index is 0.684. The van der Waals surface area contributed by atoms with E-state index < -0.39 is 0 Å². The van der Waals surface area contributed by atoms with Crippen LogP contribution >= 0.6 is 24.4 Å². The topological polar surface area (TPSA) is 19.7 Å². The van der Waals surface area contributed by atoms with Gasteiger partial charge >= 0.3 is 7.55 Å². The second-order valence-electron chi connectivity index (χ2n) is 6.50. The molecular weight excluding hydrogens is 371 g/mol. The molecule has 0 saturated carbocycles. The number of aryl methyl sites for hydroxylation is 2. The van der Waals surface area contributed by atoms with Crippen LogP contribution in [-0.2, 0) is 0 Å². The molecule has 1 radical (unpaired) electrons. The maximum Gasteiger partial charge on any atom is 0.404 e. The third kappa shape index (κ3) is 3.48. The van der Waals surface area contributed by atoms with Gasteiger partial charge in [0.15, 0.2) is 9.54 Å². The molecule has 4 aromatic rings. The Bertz CT molecular complexity index is 1100. The summed E-state index contributed by atoms with van der Waals surface area (Å²) >= 11 is 11.3. The van der Waals surface area contributed by atoms with Crippen molar-refractivity contribution in [2.45, 2.75) is 13.8 Å². The standard InChI is InChI=1S/C20H18BN4S2/c1-15-3-7-17(8-4-15)22-11-13-24(19(22)26)21-25-14-12-23(20(25)27)18-9-5-16(2)6-10-18/h3-14H,1-2H3. The van der Waals surface area contributed by atoms with Crippen molar-refractivity contribution in [2.24, 2.45) is 0 Å². The first-order valence-corrected chi connectivity index (χ1v) is 9.42. The van der Waals surface area contributed by atoms with Gasteiger partial charge in [-0.3, -0.25) is 9.13 Å². The minimum atomic E-state index is 0.684. The van der Waals surface area contributed by atoms with E-state index in [2.05, 4.69) is 62.4 Å². The Balaban J connectivity index is 1.64. The number of hydrogen-bond acceptors (Lipinski definition) is 2. The first kappa shape index (κ1) is 17.8. The van der Waals surface area contributed by atoms with Gasteiger partial charge in [0.25, 0.3) is 0 Å². The van der Waals surface area contributed by atoms with Crippen LogP contribution in [-0.4, -0.2) is 25.6 Å². The van der Waals surface area contributed by atoms with E-state index in [-0.39, 0.29) is 0 Å². The van der Waals surface area contributed by atoms with Crippen LogP contribution in [0.5, 0.6) is 0 Å². The van der Waals surface area contributed by atoms with Crippen molar-refractivity contribution in [1.29, 1.82) is 0 Å². The highest BCUT2D eigenvalue weighted by Crippen LogP contribution is 2.13. The summed E-state index contributed by atoms with van der Waals surface area (Å²) in [5.41, 5.74) is 4.53. The number of aromatic nitrogens is 4. The molecule has 4 nitrogen and oxygen atoms in total. The first-order valence-electron chi connectivity index (χ1n) is 8.61. The fourth-order valence-electron chi connectivity index (χ4n) is 2.89. The Kier molecular flexibility index (Phi) is 4.72. The Morgan fingerprint density at radius 1 is 0.593 bits per heavy atom. The summed E-state index contributed by atoms with van der Waals surface area (Å²) in [5, 5.41) is 0. The second-order valence-corrected chi connectivity index (χ2v) is 7.23. The zero-order valence-electron chi connectivity index (χ0n) is 15.1. The summed E-state index contributed by atoms with van der Waals surface area (Å²) in [4.78, 5) is 0. The summed E-state index contributed by atoms with van der Waals surface area (Å²) in [6, 6.07) is 16.6. The zero-order valence-corrected chi connectivity index (χ0v) is 16.7. The van der Waals surface area contributed by atoms with Gasteiger partial charge in [-0.1, -0.05) is 35.4 Å². The van der Waals surface area contributed by atoms with Crippen molar-refractivity contribution in [2.75, 3.05) is 0 Å². The molecule has 133 valence electrons. The molecule has 7 heteroatoms. The Labute approximate surface area is 169 Å². The maximum atomic E-state index is 5.64. The van der Waals surface area contributed by atoms with E-state index in [1.807, 2.05) is 50.4 Å². The van der Waals surface area contributed by atoms with E-state index in [1.54, 1.807) is 0 Å². The molecule has 0 fully saturated rings. The van der Waals surface area contributed by atoms with E-state index in [1.165, 1.54) is 11.1 Å². The molecule has 0 atom stereocenters. The van der Waals surface area contributed by atoms with Crippen molar-refractivity contribution in [3.8, 4) is 11.4 Å². The number of hydrogen-bond donors (Lipinski definition) is 0. The third-order valence-electron chi connectivity index (χ3n) is 4.48. The average molecular weight is 389 g/mol. The predicted octanol–water partition coefficient (Wildman–Crippen LogP) is 4.88. The largest absolute Gasteiger partial charge is 0.404 e. The van der Waals surface area contributed by atoms with Crippen molar-refractivity contribution in [3.05, 3.63) is 94.0 Å². The van der Waals surface area contributed by atoms with Crippen LogP contribution in [0.4, 0.5) is 0 Å². The lowest BCUT2D eigenvalue weighted by Crippen LogP contribution is -2.16. The Hall–Kier alpha value is -2.64. The summed E-state index contributed by atoms with van der Waals surface area (Å²) in [7, 11) is 1.90. The fourth-order valence-corrected chi connectivity index (χ4v) is 3.44. The lowest BCUT2D eigenvalue weighted by molar-refractivity contribution is 0.962. The van der Waals surface area contributed by atoms with Gasteiger partial charge in [0, 0.05) is 36.2 Å². The van der Waals surface area contributed by atoms with Crippen LogP contribution in [0.3, 0.4) is 0 Å². The molecule has 0 bridgehead atoms. The van der Waals surface area contributed by atoms with Crippen LogP contribution in [0.2, 0.25) is 0 Å². The first-order chi connectivity index (χ1) is 13.0. The summed E-state index contributed by atoms with van der Waals surface area (Å²) < 4.78 is 9.11. The van der Waals surface area contributed by atoms with Gasteiger partial charge < -0.3 is 8.96 Å². The summed E-state index contributed by atoms with van der Waals surface area (Å²) in [6.07, 6.45) is 7.80. The van der Waals surface area contributed by atoms with E-state index in [4.69, 9.17) is 24.4 Å². The number of benzene rings is 2. The third-order valence-corrected chi connectivity index (χ3v) is 5.29. The van der Waals surface area contributed by atoms with E-state index in [0.29, 0.717) is 9.54 Å². The molecule has 0 unspecified atom stereocenters. The summed E-state index contributed by atoms with van der Waals surface area (Å²) in [5.74, 6) is 0. The average Bonchev–Trinajstić information content (AvgIpc) is 3.21. The highest BCUT2D eigenvalue weighted by Gasteiger charge is 2.08. The monoisotopic (exact) mass is 389 g/mol. The quantitative estimate of drug-likeness (QED) is 0.366. The molecule has 27 heavy (non-hydrogen) atoms. The van der Waals surface area contributed by atoms with Crippen LogP contribution in [0.25, 0.3) is 11.4 Å². The van der Waals surface area contributed by atoms with Gasteiger partial charge in [0.2, 0.25) is 0 Å². The summed E-state index contributed by atoms with van der Waals surface area (Å²) in [6.45, 7) is 4.14. The van der Waals surface area contributed by atoms with Gasteiger partial charge in [-0.05, 0) is 62.5 Å². The molecule has 0 aliphatic heterocycles. The number of rotatable bonds is 4. The van der Waals surface area contributed by atoms with E-state index in [9.17, 15) is 0 Å². The maximum absolute atomic E-state index is 5.64. The normalized spacial score (nSPS) is 10.9. The van der Waals surface area contributed by atoms with Gasteiger partial charge in [0.05, 0.1) is 0 Å². The predicted molar refractivity (Wildman–Crippen MR) is 115 cm³/mol. The smallest absolute Gasteiger partial charge is 0.350 e. The van der Waals surface area contributed by atoms with Gasteiger partial charge in [-0.25, -0.2) is 0 Å². The van der Waals surface area contributed by atoms with Crippen LogP contribution < -0.4 is 0 Å². The lowest BCUT2D eigenvalue weighted by Gasteiger charge is -2.06. The SMILES string of the molecule is Cc1ccc(-n2ccn([B]n3ccn(-c4ccc(C)cc4)c3=S)c2=S)cc1. The molecule has 4 rings (SSSR count). The minimum Gasteiger partial charge on any atom is -0.350 e. The highest BCUT2D eigenvalue weighted by atomic mass is 32.1. The molecular formula is C20H18BN4S2. The van der Waals surface area contributed by atoms with Crippen LogP contribution in [0.1, 0.15) is 11.1 Å². The van der Waals surface area contributed by atoms with E-state index >= 15 is 0 Å². The van der Waals surface area contributed by atoms with Crippen molar-refractivity contribution >= 4 is 32.0 Å². The van der Waals surface area contributed by atoms with Crippen molar-refractivity contribution < 1.29 is 0 Å². The molecule has 0 aliphatic rings. The molecule has 0 saturated heterocycles. The molecule has 0 spiro atoms. The van der Waals surface area contributed by atoms with Gasteiger partial charge in [-0.15, -0.1) is 0 Å². The van der Waals surface area contributed by atoms with Crippen molar-refractivity contribution in [3.63, 3.8) is 0 Å². The molecule has 0 N–H and O–H groups in total. The Morgan fingerprint density at radius 2 is 0.963 bits per heavy atom. The van der Waals surface area contributed by atoms with Gasteiger partial charge in [0.1, 0.15) is 0 Å². The lowest BCUT2D eigenvalue weighted by atomic mass is 10.2. The van der Waals surface area contributed by atoms with Gasteiger partial charge in [-0.2, -0.15) is 0 Å². The molecule has 2 heterocycles. The fraction of sp³-hybridized carbons (Fsp3) is 0.100. The molecule has 2 aromatic carbocycles. The Morgan fingerprint density at radius 3 is 1.33 bits per heavy atom. The highest BCUT2D eigenvalue weighted by molar-refractivity contribution is 7.71. The number of imidazole rings is 2. The van der Waals surface area contributed by atoms with Crippen molar-refractivity contribution in [1.82, 2.24) is 18.1 Å². The zero-order chi connectivity index (χ0) is 19.0.